The van der Waals surface area contributed by atoms with Crippen LogP contribution in [0.2, 0.25) is 0 Å². The molecule has 0 radical (unpaired) electrons. The third-order valence-corrected chi connectivity index (χ3v) is 4.63. The SMILES string of the molecule is Cc1cc(Br)cc(CNC2CC2)c1OCc1ccsc1. The summed E-state index contributed by atoms with van der Waals surface area (Å²) in [6, 6.07) is 7.09. The van der Waals surface area contributed by atoms with Gasteiger partial charge in [0, 0.05) is 22.6 Å². The van der Waals surface area contributed by atoms with Crippen molar-refractivity contribution in [2.45, 2.75) is 39.0 Å². The van der Waals surface area contributed by atoms with E-state index in [4.69, 9.17) is 4.74 Å². The standard InChI is InChI=1S/C16H18BrNOS/c1-11-6-14(17)7-13(8-18-15-2-3-15)16(11)19-9-12-4-5-20-10-12/h4-7,10,15,18H,2-3,8-9H2,1H3. The van der Waals surface area contributed by atoms with Crippen LogP contribution in [0.15, 0.2) is 33.4 Å². The summed E-state index contributed by atoms with van der Waals surface area (Å²) in [4.78, 5) is 0. The highest BCUT2D eigenvalue weighted by atomic mass is 79.9. The molecule has 3 rings (SSSR count). The maximum absolute atomic E-state index is 6.07. The number of hydrogen-bond donors (Lipinski definition) is 1. The van der Waals surface area contributed by atoms with Gasteiger partial charge < -0.3 is 10.1 Å². The highest BCUT2D eigenvalue weighted by Gasteiger charge is 2.21. The number of thiophene rings is 1. The maximum Gasteiger partial charge on any atom is 0.127 e. The second-order valence-corrected chi connectivity index (χ2v) is 6.98. The Hall–Kier alpha value is -0.840. The molecule has 1 aliphatic rings. The zero-order valence-corrected chi connectivity index (χ0v) is 13.9. The molecular formula is C16H18BrNOS. The Morgan fingerprint density at radius 2 is 2.25 bits per heavy atom. The van der Waals surface area contributed by atoms with Crippen LogP contribution in [0.3, 0.4) is 0 Å². The molecule has 0 unspecified atom stereocenters. The monoisotopic (exact) mass is 351 g/mol. The summed E-state index contributed by atoms with van der Waals surface area (Å²) in [5.41, 5.74) is 3.65. The quantitative estimate of drug-likeness (QED) is 0.817. The molecule has 0 atom stereocenters. The van der Waals surface area contributed by atoms with Crippen LogP contribution in [0.4, 0.5) is 0 Å². The van der Waals surface area contributed by atoms with Crippen molar-refractivity contribution < 1.29 is 4.74 Å². The molecule has 1 N–H and O–H groups in total. The van der Waals surface area contributed by atoms with Gasteiger partial charge in [-0.3, -0.25) is 0 Å². The van der Waals surface area contributed by atoms with Gasteiger partial charge >= 0.3 is 0 Å². The zero-order chi connectivity index (χ0) is 13.9. The summed E-state index contributed by atoms with van der Waals surface area (Å²) in [6.07, 6.45) is 2.61. The maximum atomic E-state index is 6.07. The third-order valence-electron chi connectivity index (χ3n) is 3.44. The summed E-state index contributed by atoms with van der Waals surface area (Å²) in [6.45, 7) is 3.63. The molecule has 0 bridgehead atoms. The van der Waals surface area contributed by atoms with Crippen LogP contribution in [-0.4, -0.2) is 6.04 Å². The molecule has 1 aromatic carbocycles. The highest BCUT2D eigenvalue weighted by molar-refractivity contribution is 9.10. The van der Waals surface area contributed by atoms with Crippen LogP contribution >= 0.6 is 27.3 Å². The molecule has 20 heavy (non-hydrogen) atoms. The number of hydrogen-bond acceptors (Lipinski definition) is 3. The van der Waals surface area contributed by atoms with Crippen molar-refractivity contribution in [1.29, 1.82) is 0 Å². The van der Waals surface area contributed by atoms with Crippen molar-refractivity contribution in [3.05, 3.63) is 50.1 Å². The fraction of sp³-hybridized carbons (Fsp3) is 0.375. The van der Waals surface area contributed by atoms with E-state index < -0.39 is 0 Å². The van der Waals surface area contributed by atoms with Gasteiger partial charge in [0.15, 0.2) is 0 Å². The van der Waals surface area contributed by atoms with Gasteiger partial charge in [-0.05, 0) is 59.9 Å². The third kappa shape index (κ3) is 3.62. The van der Waals surface area contributed by atoms with Crippen LogP contribution in [0.1, 0.15) is 29.5 Å². The number of ether oxygens (including phenoxy) is 1. The summed E-state index contributed by atoms with van der Waals surface area (Å²) in [5.74, 6) is 1.02. The average Bonchev–Trinajstić information content (AvgIpc) is 3.10. The predicted octanol–water partition coefficient (Wildman–Crippen LogP) is 4.65. The van der Waals surface area contributed by atoms with Gasteiger partial charge in [-0.1, -0.05) is 15.9 Å². The molecule has 106 valence electrons. The summed E-state index contributed by atoms with van der Waals surface area (Å²) < 4.78 is 7.18. The second-order valence-electron chi connectivity index (χ2n) is 5.29. The molecule has 1 fully saturated rings. The molecule has 1 heterocycles. The van der Waals surface area contributed by atoms with Gasteiger partial charge in [-0.25, -0.2) is 0 Å². The molecule has 1 aromatic heterocycles. The molecule has 1 aliphatic carbocycles. The minimum absolute atomic E-state index is 0.641. The van der Waals surface area contributed by atoms with E-state index in [-0.39, 0.29) is 0 Å². The van der Waals surface area contributed by atoms with Crippen molar-refractivity contribution in [2.24, 2.45) is 0 Å². The molecule has 4 heteroatoms. The van der Waals surface area contributed by atoms with Crippen LogP contribution in [0.5, 0.6) is 5.75 Å². The number of rotatable bonds is 6. The number of benzene rings is 1. The van der Waals surface area contributed by atoms with Gasteiger partial charge in [-0.15, -0.1) is 0 Å². The summed E-state index contributed by atoms with van der Waals surface area (Å²) in [7, 11) is 0. The lowest BCUT2D eigenvalue weighted by Crippen LogP contribution is -2.16. The minimum atomic E-state index is 0.641. The molecule has 0 spiro atoms. The molecule has 1 saturated carbocycles. The first kappa shape index (κ1) is 14.1. The number of aryl methyl sites for hydroxylation is 1. The highest BCUT2D eigenvalue weighted by Crippen LogP contribution is 2.30. The molecule has 0 saturated heterocycles. The van der Waals surface area contributed by atoms with Crippen molar-refractivity contribution >= 4 is 27.3 Å². The second kappa shape index (κ2) is 6.29. The minimum Gasteiger partial charge on any atom is -0.488 e. The van der Waals surface area contributed by atoms with E-state index in [2.05, 4.69) is 57.1 Å². The van der Waals surface area contributed by atoms with E-state index in [9.17, 15) is 0 Å². The van der Waals surface area contributed by atoms with E-state index >= 15 is 0 Å². The average molecular weight is 352 g/mol. The van der Waals surface area contributed by atoms with Gasteiger partial charge in [0.05, 0.1) is 0 Å². The first-order chi connectivity index (χ1) is 9.72. The Balaban J connectivity index is 1.75. The van der Waals surface area contributed by atoms with Crippen molar-refractivity contribution in [3.8, 4) is 5.75 Å². The van der Waals surface area contributed by atoms with Crippen LogP contribution < -0.4 is 10.1 Å². The van der Waals surface area contributed by atoms with Crippen molar-refractivity contribution in [2.75, 3.05) is 0 Å². The summed E-state index contributed by atoms with van der Waals surface area (Å²) >= 11 is 5.29. The summed E-state index contributed by atoms with van der Waals surface area (Å²) in [5, 5.41) is 7.78. The van der Waals surface area contributed by atoms with Crippen LogP contribution in [0, 0.1) is 6.92 Å². The van der Waals surface area contributed by atoms with E-state index in [0.29, 0.717) is 12.6 Å². The van der Waals surface area contributed by atoms with E-state index in [1.54, 1.807) is 11.3 Å². The predicted molar refractivity (Wildman–Crippen MR) is 87.4 cm³/mol. The van der Waals surface area contributed by atoms with E-state index in [0.717, 1.165) is 16.8 Å². The number of nitrogens with one attached hydrogen (secondary N) is 1. The first-order valence-corrected chi connectivity index (χ1v) is 8.62. The Labute approximate surface area is 132 Å². The molecule has 2 nitrogen and oxygen atoms in total. The van der Waals surface area contributed by atoms with Gasteiger partial charge in [-0.2, -0.15) is 11.3 Å². The van der Waals surface area contributed by atoms with Crippen molar-refractivity contribution in [3.63, 3.8) is 0 Å². The van der Waals surface area contributed by atoms with Gasteiger partial charge in [0.25, 0.3) is 0 Å². The Morgan fingerprint density at radius 3 is 2.95 bits per heavy atom. The lowest BCUT2D eigenvalue weighted by molar-refractivity contribution is 0.300. The first-order valence-electron chi connectivity index (χ1n) is 6.88. The van der Waals surface area contributed by atoms with E-state index in [1.165, 1.54) is 29.5 Å². The Kier molecular flexibility index (Phi) is 4.44. The normalized spacial score (nSPS) is 14.5. The lowest BCUT2D eigenvalue weighted by Gasteiger charge is -2.15. The fourth-order valence-electron chi connectivity index (χ4n) is 2.21. The molecule has 2 aromatic rings. The molecule has 0 amide bonds. The zero-order valence-electron chi connectivity index (χ0n) is 11.5. The van der Waals surface area contributed by atoms with Crippen molar-refractivity contribution in [1.82, 2.24) is 5.32 Å². The van der Waals surface area contributed by atoms with Crippen LogP contribution in [-0.2, 0) is 13.2 Å². The Bertz CT molecular complexity index is 578. The number of halogens is 1. The Morgan fingerprint density at radius 1 is 1.40 bits per heavy atom. The van der Waals surface area contributed by atoms with Crippen LogP contribution in [0.25, 0.3) is 0 Å². The topological polar surface area (TPSA) is 21.3 Å². The fourth-order valence-corrected chi connectivity index (χ4v) is 3.48. The molecular weight excluding hydrogens is 334 g/mol. The smallest absolute Gasteiger partial charge is 0.127 e. The van der Waals surface area contributed by atoms with Gasteiger partial charge in [0.1, 0.15) is 12.4 Å². The largest absolute Gasteiger partial charge is 0.488 e. The lowest BCUT2D eigenvalue weighted by atomic mass is 10.1. The van der Waals surface area contributed by atoms with E-state index in [1.807, 2.05) is 0 Å². The molecule has 0 aliphatic heterocycles. The van der Waals surface area contributed by atoms with Gasteiger partial charge in [0.2, 0.25) is 0 Å².